The van der Waals surface area contributed by atoms with Crippen LogP contribution in [0.15, 0.2) is 66.2 Å². The molecule has 2 unspecified atom stereocenters. The lowest BCUT2D eigenvalue weighted by atomic mass is 9.86. The molecule has 1 aliphatic rings. The van der Waals surface area contributed by atoms with Gasteiger partial charge in [0.1, 0.15) is 0 Å². The third kappa shape index (κ3) is 3.35. The molecule has 0 bridgehead atoms. The second kappa shape index (κ2) is 7.27. The van der Waals surface area contributed by atoms with Crippen molar-refractivity contribution in [1.29, 1.82) is 0 Å². The molecule has 142 valence electrons. The van der Waals surface area contributed by atoms with Gasteiger partial charge in [-0.1, -0.05) is 55.0 Å². The fraction of sp³-hybridized carbons (Fsp3) is 0.269. The minimum atomic E-state index is -0.302. The zero-order valence-electron chi connectivity index (χ0n) is 17.0. The lowest BCUT2D eigenvalue weighted by Gasteiger charge is -2.18. The monoisotopic (exact) mass is 370 g/mol. The van der Waals surface area contributed by atoms with E-state index in [0.29, 0.717) is 17.4 Å². The van der Waals surface area contributed by atoms with Crippen molar-refractivity contribution in [2.45, 2.75) is 33.1 Å². The molecule has 0 radical (unpaired) electrons. The van der Waals surface area contributed by atoms with Crippen LogP contribution in [0.25, 0.3) is 21.9 Å². The molecule has 0 aliphatic heterocycles. The van der Waals surface area contributed by atoms with E-state index in [1.807, 2.05) is 18.2 Å². The summed E-state index contributed by atoms with van der Waals surface area (Å²) in [5, 5.41) is 2.17. The first kappa shape index (κ1) is 18.5. The zero-order chi connectivity index (χ0) is 19.8. The minimum absolute atomic E-state index is 0.302. The first-order chi connectivity index (χ1) is 13.5. The molecule has 28 heavy (non-hydrogen) atoms. The number of carbonyl (C=O) groups is 1. The Morgan fingerprint density at radius 2 is 1.61 bits per heavy atom. The van der Waals surface area contributed by atoms with Crippen molar-refractivity contribution in [3.05, 3.63) is 82.9 Å². The van der Waals surface area contributed by atoms with E-state index in [4.69, 9.17) is 4.74 Å². The van der Waals surface area contributed by atoms with Crippen molar-refractivity contribution in [2.24, 2.45) is 5.92 Å². The molecule has 0 fully saturated rings. The van der Waals surface area contributed by atoms with Crippen LogP contribution >= 0.6 is 0 Å². The smallest absolute Gasteiger partial charge is 0.337 e. The van der Waals surface area contributed by atoms with Gasteiger partial charge in [-0.05, 0) is 77.4 Å². The van der Waals surface area contributed by atoms with Crippen LogP contribution in [0.5, 0.6) is 0 Å². The molecular formula is C26H26O2. The van der Waals surface area contributed by atoms with Crippen LogP contribution in [0.1, 0.15) is 47.7 Å². The average Bonchev–Trinajstić information content (AvgIpc) is 3.04. The predicted octanol–water partition coefficient (Wildman–Crippen LogP) is 6.67. The molecule has 3 aromatic carbocycles. The molecule has 0 saturated heterocycles. The fourth-order valence-corrected chi connectivity index (χ4v) is 4.43. The lowest BCUT2D eigenvalue weighted by Crippen LogP contribution is -2.01. The van der Waals surface area contributed by atoms with E-state index in [-0.39, 0.29) is 5.97 Å². The largest absolute Gasteiger partial charge is 0.465 e. The Hall–Kier alpha value is -2.87. The summed E-state index contributed by atoms with van der Waals surface area (Å²) in [7, 11) is 1.41. The average molecular weight is 370 g/mol. The van der Waals surface area contributed by atoms with Gasteiger partial charge in [0.15, 0.2) is 0 Å². The molecule has 0 aromatic heterocycles. The molecular weight excluding hydrogens is 344 g/mol. The van der Waals surface area contributed by atoms with E-state index < -0.39 is 0 Å². The SMILES string of the molecule is COC(=O)c1ccc2cc(-c3ccc(C)c(C4CC(C)C=C4C)c3)ccc2c1. The molecule has 2 heteroatoms. The second-order valence-electron chi connectivity index (χ2n) is 8.02. The number of hydrogen-bond acceptors (Lipinski definition) is 2. The Kier molecular flexibility index (Phi) is 4.80. The highest BCUT2D eigenvalue weighted by molar-refractivity contribution is 5.96. The number of fused-ring (bicyclic) bond motifs is 1. The maximum absolute atomic E-state index is 11.8. The van der Waals surface area contributed by atoms with Crippen molar-refractivity contribution >= 4 is 16.7 Å². The number of rotatable bonds is 3. The van der Waals surface area contributed by atoms with Crippen molar-refractivity contribution in [2.75, 3.05) is 7.11 Å². The van der Waals surface area contributed by atoms with Crippen LogP contribution in [-0.4, -0.2) is 13.1 Å². The molecule has 2 nitrogen and oxygen atoms in total. The number of methoxy groups -OCH3 is 1. The third-order valence-electron chi connectivity index (χ3n) is 5.95. The van der Waals surface area contributed by atoms with Gasteiger partial charge in [0, 0.05) is 5.92 Å². The van der Waals surface area contributed by atoms with Crippen molar-refractivity contribution in [3.63, 3.8) is 0 Å². The molecule has 0 heterocycles. The summed E-state index contributed by atoms with van der Waals surface area (Å²) in [6, 6.07) is 18.9. The Balaban J connectivity index is 1.73. The molecule has 0 saturated carbocycles. The van der Waals surface area contributed by atoms with Gasteiger partial charge < -0.3 is 4.74 Å². The summed E-state index contributed by atoms with van der Waals surface area (Å²) < 4.78 is 4.82. The van der Waals surface area contributed by atoms with Gasteiger partial charge in [0.05, 0.1) is 12.7 Å². The molecule has 0 spiro atoms. The van der Waals surface area contributed by atoms with Gasteiger partial charge in [0.25, 0.3) is 0 Å². The van der Waals surface area contributed by atoms with Gasteiger partial charge in [-0.25, -0.2) is 4.79 Å². The highest BCUT2D eigenvalue weighted by atomic mass is 16.5. The molecule has 4 rings (SSSR count). The number of carbonyl (C=O) groups excluding carboxylic acids is 1. The minimum Gasteiger partial charge on any atom is -0.465 e. The van der Waals surface area contributed by atoms with Gasteiger partial charge in [0.2, 0.25) is 0 Å². The number of ether oxygens (including phenoxy) is 1. The van der Waals surface area contributed by atoms with E-state index in [9.17, 15) is 4.79 Å². The van der Waals surface area contributed by atoms with Crippen LogP contribution in [-0.2, 0) is 4.74 Å². The fourth-order valence-electron chi connectivity index (χ4n) is 4.43. The van der Waals surface area contributed by atoms with Crippen LogP contribution in [0.3, 0.4) is 0 Å². The van der Waals surface area contributed by atoms with Crippen LogP contribution in [0.2, 0.25) is 0 Å². The summed E-state index contributed by atoms with van der Waals surface area (Å²) in [5.41, 5.74) is 7.31. The third-order valence-corrected chi connectivity index (χ3v) is 5.95. The number of esters is 1. The Labute approximate surface area is 166 Å². The lowest BCUT2D eigenvalue weighted by molar-refractivity contribution is 0.0601. The topological polar surface area (TPSA) is 26.3 Å². The van der Waals surface area contributed by atoms with Crippen molar-refractivity contribution in [3.8, 4) is 11.1 Å². The second-order valence-corrected chi connectivity index (χ2v) is 8.02. The predicted molar refractivity (Wildman–Crippen MR) is 116 cm³/mol. The quantitative estimate of drug-likeness (QED) is 0.380. The maximum atomic E-state index is 11.8. The van der Waals surface area contributed by atoms with Crippen LogP contribution in [0.4, 0.5) is 0 Å². The molecule has 0 N–H and O–H groups in total. The van der Waals surface area contributed by atoms with Crippen molar-refractivity contribution in [1.82, 2.24) is 0 Å². The number of benzene rings is 3. The molecule has 3 aromatic rings. The van der Waals surface area contributed by atoms with Crippen LogP contribution in [0, 0.1) is 12.8 Å². The first-order valence-corrected chi connectivity index (χ1v) is 9.87. The molecule has 0 amide bonds. The summed E-state index contributed by atoms with van der Waals surface area (Å²) in [6.07, 6.45) is 3.61. The van der Waals surface area contributed by atoms with Crippen molar-refractivity contribution < 1.29 is 9.53 Å². The van der Waals surface area contributed by atoms with E-state index in [1.54, 1.807) is 0 Å². The van der Waals surface area contributed by atoms with E-state index >= 15 is 0 Å². The summed E-state index contributed by atoms with van der Waals surface area (Å²) in [4.78, 5) is 11.8. The number of allylic oxidation sites excluding steroid dienone is 2. The van der Waals surface area contributed by atoms with E-state index in [2.05, 4.69) is 63.2 Å². The highest BCUT2D eigenvalue weighted by Gasteiger charge is 2.24. The summed E-state index contributed by atoms with van der Waals surface area (Å²) in [6.45, 7) is 6.77. The van der Waals surface area contributed by atoms with E-state index in [0.717, 1.165) is 10.8 Å². The van der Waals surface area contributed by atoms with E-state index in [1.165, 1.54) is 41.4 Å². The number of aryl methyl sites for hydroxylation is 1. The van der Waals surface area contributed by atoms with Crippen LogP contribution < -0.4 is 0 Å². The van der Waals surface area contributed by atoms with Gasteiger partial charge >= 0.3 is 5.97 Å². The number of hydrogen-bond donors (Lipinski definition) is 0. The Bertz CT molecular complexity index is 1090. The highest BCUT2D eigenvalue weighted by Crippen LogP contribution is 2.40. The zero-order valence-corrected chi connectivity index (χ0v) is 17.0. The molecule has 1 aliphatic carbocycles. The van der Waals surface area contributed by atoms with Gasteiger partial charge in [-0.15, -0.1) is 0 Å². The van der Waals surface area contributed by atoms with Gasteiger partial charge in [-0.3, -0.25) is 0 Å². The normalized spacial score (nSPS) is 18.9. The Morgan fingerprint density at radius 1 is 0.929 bits per heavy atom. The summed E-state index contributed by atoms with van der Waals surface area (Å²) in [5.74, 6) is 0.874. The maximum Gasteiger partial charge on any atom is 0.337 e. The van der Waals surface area contributed by atoms with Gasteiger partial charge in [-0.2, -0.15) is 0 Å². The summed E-state index contributed by atoms with van der Waals surface area (Å²) >= 11 is 0. The standard InChI is InChI=1S/C26H26O2/c1-16-11-18(3)24(12-16)25-15-22(6-5-17(25)2)20-7-8-21-14-23(26(27)28-4)10-9-19(21)13-20/h5-11,13-16,24H,12H2,1-4H3. The Morgan fingerprint density at radius 3 is 2.32 bits per heavy atom. The molecule has 2 atom stereocenters. The first-order valence-electron chi connectivity index (χ1n) is 9.87.